The summed E-state index contributed by atoms with van der Waals surface area (Å²) in [6.07, 6.45) is 2.31. The van der Waals surface area contributed by atoms with E-state index in [0.717, 1.165) is 17.3 Å². The first kappa shape index (κ1) is 22.6. The molecule has 3 heterocycles. The summed E-state index contributed by atoms with van der Waals surface area (Å²) in [6.45, 7) is 3.11. The number of nitriles is 1. The number of carbonyl (C=O) groups is 3. The van der Waals surface area contributed by atoms with E-state index < -0.39 is 12.1 Å². The second kappa shape index (κ2) is 9.53. The number of amides is 3. The second-order valence-electron chi connectivity index (χ2n) is 8.79. The summed E-state index contributed by atoms with van der Waals surface area (Å²) >= 11 is 0. The molecular weight excluding hydrogens is 422 g/mol. The van der Waals surface area contributed by atoms with Gasteiger partial charge in [0.05, 0.1) is 13.2 Å². The minimum absolute atomic E-state index is 0.0811. The normalized spacial score (nSPS) is 23.2. The van der Waals surface area contributed by atoms with Gasteiger partial charge in [-0.2, -0.15) is 5.26 Å². The lowest BCUT2D eigenvalue weighted by Gasteiger charge is -2.25. The highest BCUT2D eigenvalue weighted by Gasteiger charge is 2.40. The number of methoxy groups -OCH3 is 1. The van der Waals surface area contributed by atoms with Crippen molar-refractivity contribution >= 4 is 28.6 Å². The molecule has 4 unspecified atom stereocenters. The van der Waals surface area contributed by atoms with E-state index in [9.17, 15) is 19.6 Å². The van der Waals surface area contributed by atoms with E-state index in [4.69, 9.17) is 4.74 Å². The molecule has 2 aliphatic rings. The summed E-state index contributed by atoms with van der Waals surface area (Å²) in [7, 11) is 1.58. The Labute approximate surface area is 192 Å². The van der Waals surface area contributed by atoms with Crippen LogP contribution in [-0.4, -0.2) is 59.9 Å². The van der Waals surface area contributed by atoms with Crippen LogP contribution in [0.3, 0.4) is 0 Å². The molecule has 4 rings (SSSR count). The fourth-order valence-electron chi connectivity index (χ4n) is 4.83. The van der Waals surface area contributed by atoms with Gasteiger partial charge in [-0.1, -0.05) is 19.4 Å². The molecule has 1 aromatic heterocycles. The van der Waals surface area contributed by atoms with Crippen LogP contribution >= 0.6 is 0 Å². The van der Waals surface area contributed by atoms with Crippen LogP contribution in [-0.2, 0) is 9.59 Å². The molecule has 2 fully saturated rings. The Balaban J connectivity index is 1.52. The van der Waals surface area contributed by atoms with Gasteiger partial charge in [0, 0.05) is 29.9 Å². The summed E-state index contributed by atoms with van der Waals surface area (Å²) in [6, 6.07) is 7.96. The van der Waals surface area contributed by atoms with Gasteiger partial charge in [-0.15, -0.1) is 0 Å². The molecule has 33 heavy (non-hydrogen) atoms. The second-order valence-corrected chi connectivity index (χ2v) is 8.79. The Morgan fingerprint density at radius 1 is 1.39 bits per heavy atom. The first-order valence-electron chi connectivity index (χ1n) is 11.4. The molecule has 4 atom stereocenters. The lowest BCUT2D eigenvalue weighted by atomic mass is 9.98. The third kappa shape index (κ3) is 4.51. The maximum atomic E-state index is 13.4. The molecule has 174 valence electrons. The van der Waals surface area contributed by atoms with Crippen molar-refractivity contribution in [2.75, 3.05) is 20.2 Å². The van der Waals surface area contributed by atoms with E-state index in [1.165, 1.54) is 0 Å². The van der Waals surface area contributed by atoms with Gasteiger partial charge < -0.3 is 25.3 Å². The SMILES string of the molecule is CCC1CC(C(=O)NC(C#N)CC2CCNC2=O)N(C(=O)c2cc3c(OC)cccc3[nH]2)C1. The fourth-order valence-corrected chi connectivity index (χ4v) is 4.83. The molecule has 9 heteroatoms. The van der Waals surface area contributed by atoms with Crippen molar-refractivity contribution in [3.8, 4) is 11.8 Å². The number of H-pyrrole nitrogens is 1. The summed E-state index contributed by atoms with van der Waals surface area (Å²) in [5.41, 5.74) is 1.17. The number of nitrogens with one attached hydrogen (secondary N) is 3. The Morgan fingerprint density at radius 3 is 2.88 bits per heavy atom. The fraction of sp³-hybridized carbons (Fsp3) is 0.500. The molecule has 2 saturated heterocycles. The van der Waals surface area contributed by atoms with E-state index in [0.29, 0.717) is 37.4 Å². The quantitative estimate of drug-likeness (QED) is 0.593. The van der Waals surface area contributed by atoms with Crippen LogP contribution in [0.15, 0.2) is 24.3 Å². The molecular formula is C24H29N5O4. The number of aromatic nitrogens is 1. The number of likely N-dealkylation sites (tertiary alicyclic amines) is 1. The van der Waals surface area contributed by atoms with Crippen LogP contribution in [0.5, 0.6) is 5.75 Å². The molecule has 3 N–H and O–H groups in total. The van der Waals surface area contributed by atoms with Gasteiger partial charge in [0.2, 0.25) is 11.8 Å². The Morgan fingerprint density at radius 2 is 2.21 bits per heavy atom. The molecule has 2 aromatic rings. The minimum atomic E-state index is -0.777. The summed E-state index contributed by atoms with van der Waals surface area (Å²) < 4.78 is 5.39. The van der Waals surface area contributed by atoms with Gasteiger partial charge in [-0.05, 0) is 43.4 Å². The number of nitrogens with zero attached hydrogens (tertiary/aromatic N) is 2. The number of hydrogen-bond donors (Lipinski definition) is 3. The van der Waals surface area contributed by atoms with Crippen LogP contribution in [0, 0.1) is 23.2 Å². The van der Waals surface area contributed by atoms with Crippen molar-refractivity contribution in [2.45, 2.75) is 44.7 Å². The standard InChI is InChI=1S/C24H29N5O4/c1-3-14-9-20(23(31)27-16(12-25)10-15-7-8-26-22(15)30)29(13-14)24(32)19-11-17-18(28-19)5-4-6-21(17)33-2/h4-6,11,14-16,20,28H,3,7-10,13H2,1-2H3,(H,26,30)(H,27,31). The molecule has 0 aliphatic carbocycles. The Bertz CT molecular complexity index is 1100. The van der Waals surface area contributed by atoms with Crippen molar-refractivity contribution in [3.63, 3.8) is 0 Å². The maximum Gasteiger partial charge on any atom is 0.270 e. The zero-order chi connectivity index (χ0) is 23.5. The molecule has 0 saturated carbocycles. The summed E-state index contributed by atoms with van der Waals surface area (Å²) in [5.74, 6) is -0.100. The van der Waals surface area contributed by atoms with Crippen LogP contribution < -0.4 is 15.4 Å². The highest BCUT2D eigenvalue weighted by atomic mass is 16.5. The van der Waals surface area contributed by atoms with Crippen molar-refractivity contribution in [1.29, 1.82) is 5.26 Å². The van der Waals surface area contributed by atoms with Crippen LogP contribution in [0.2, 0.25) is 0 Å². The number of aromatic amines is 1. The zero-order valence-electron chi connectivity index (χ0n) is 18.9. The van der Waals surface area contributed by atoms with Gasteiger partial charge in [-0.3, -0.25) is 14.4 Å². The van der Waals surface area contributed by atoms with E-state index in [1.54, 1.807) is 18.1 Å². The number of benzene rings is 1. The third-order valence-corrected chi connectivity index (χ3v) is 6.76. The number of fused-ring (bicyclic) bond motifs is 1. The van der Waals surface area contributed by atoms with Gasteiger partial charge in [0.25, 0.3) is 5.91 Å². The highest BCUT2D eigenvalue weighted by molar-refractivity contribution is 6.01. The van der Waals surface area contributed by atoms with Crippen molar-refractivity contribution in [2.24, 2.45) is 11.8 Å². The van der Waals surface area contributed by atoms with E-state index in [2.05, 4.69) is 21.7 Å². The molecule has 0 bridgehead atoms. The first-order valence-corrected chi connectivity index (χ1v) is 11.4. The van der Waals surface area contributed by atoms with Crippen molar-refractivity contribution < 1.29 is 19.1 Å². The lowest BCUT2D eigenvalue weighted by molar-refractivity contribution is -0.126. The van der Waals surface area contributed by atoms with Gasteiger partial charge in [0.1, 0.15) is 23.5 Å². The maximum absolute atomic E-state index is 13.4. The predicted molar refractivity (Wildman–Crippen MR) is 121 cm³/mol. The number of carbonyl (C=O) groups excluding carboxylic acids is 3. The average Bonchev–Trinajstić information content (AvgIpc) is 3.55. The topological polar surface area (TPSA) is 127 Å². The van der Waals surface area contributed by atoms with Crippen LogP contribution in [0.25, 0.3) is 10.9 Å². The molecule has 2 aliphatic heterocycles. The van der Waals surface area contributed by atoms with Crippen molar-refractivity contribution in [1.82, 2.24) is 20.5 Å². The van der Waals surface area contributed by atoms with E-state index in [-0.39, 0.29) is 36.0 Å². The monoisotopic (exact) mass is 451 g/mol. The van der Waals surface area contributed by atoms with Crippen LogP contribution in [0.1, 0.15) is 43.1 Å². The summed E-state index contributed by atoms with van der Waals surface area (Å²) in [4.78, 5) is 43.2. The van der Waals surface area contributed by atoms with E-state index >= 15 is 0 Å². The minimum Gasteiger partial charge on any atom is -0.496 e. The predicted octanol–water partition coefficient (Wildman–Crippen LogP) is 1.95. The molecule has 0 radical (unpaired) electrons. The molecule has 1 aromatic carbocycles. The molecule has 3 amide bonds. The molecule has 0 spiro atoms. The third-order valence-electron chi connectivity index (χ3n) is 6.76. The average molecular weight is 452 g/mol. The highest BCUT2D eigenvalue weighted by Crippen LogP contribution is 2.30. The lowest BCUT2D eigenvalue weighted by Crippen LogP contribution is -2.49. The number of hydrogen-bond acceptors (Lipinski definition) is 5. The van der Waals surface area contributed by atoms with Gasteiger partial charge >= 0.3 is 0 Å². The van der Waals surface area contributed by atoms with Crippen LogP contribution in [0.4, 0.5) is 0 Å². The first-order chi connectivity index (χ1) is 15.9. The Hall–Kier alpha value is -3.54. The van der Waals surface area contributed by atoms with Gasteiger partial charge in [-0.25, -0.2) is 0 Å². The smallest absolute Gasteiger partial charge is 0.270 e. The largest absolute Gasteiger partial charge is 0.496 e. The summed E-state index contributed by atoms with van der Waals surface area (Å²) in [5, 5.41) is 15.9. The zero-order valence-corrected chi connectivity index (χ0v) is 18.9. The van der Waals surface area contributed by atoms with Gasteiger partial charge in [0.15, 0.2) is 0 Å². The molecule has 9 nitrogen and oxygen atoms in total. The number of rotatable bonds is 7. The Kier molecular flexibility index (Phi) is 6.54. The van der Waals surface area contributed by atoms with E-state index in [1.807, 2.05) is 25.1 Å². The van der Waals surface area contributed by atoms with Crippen molar-refractivity contribution in [3.05, 3.63) is 30.0 Å². The number of ether oxygens (including phenoxy) is 1.